The number of benzene rings is 1. The first kappa shape index (κ1) is 27.0. The molecule has 0 aromatic heterocycles. The number of fused-ring (bicyclic) bond motifs is 1. The van der Waals surface area contributed by atoms with Crippen LogP contribution in [0.15, 0.2) is 18.2 Å². The molecule has 6 nitrogen and oxygen atoms in total. The van der Waals surface area contributed by atoms with Gasteiger partial charge in [0.05, 0.1) is 0 Å². The van der Waals surface area contributed by atoms with Crippen LogP contribution >= 0.6 is 0 Å². The third-order valence-corrected chi connectivity index (χ3v) is 7.93. The molecule has 202 valence electrons. The Morgan fingerprint density at radius 1 is 1.03 bits per heavy atom. The minimum absolute atomic E-state index is 0.0359. The molecule has 3 aliphatic heterocycles. The van der Waals surface area contributed by atoms with Gasteiger partial charge in [0.25, 0.3) is 0 Å². The third kappa shape index (κ3) is 5.31. The van der Waals surface area contributed by atoms with Crippen LogP contribution in [0, 0.1) is 24.7 Å². The molecule has 12 heteroatoms. The Morgan fingerprint density at radius 2 is 1.64 bits per heavy atom. The monoisotopic (exact) mass is 522 g/mol. The van der Waals surface area contributed by atoms with Crippen molar-refractivity contribution >= 4 is 11.7 Å². The zero-order chi connectivity index (χ0) is 26.4. The Balaban J connectivity index is 1.57. The van der Waals surface area contributed by atoms with Gasteiger partial charge in [-0.2, -0.15) is 26.3 Å². The van der Waals surface area contributed by atoms with Gasteiger partial charge in [-0.05, 0) is 30.5 Å². The SMILES string of the molecule is CCN1CCN(c2c(C)cccc2CN2CC3C(C(=O)O)NC(C(C(F)(F)F)C(F)(F)F)C3C2)CC1. The van der Waals surface area contributed by atoms with E-state index in [0.29, 0.717) is 6.54 Å². The highest BCUT2D eigenvalue weighted by Crippen LogP contribution is 2.48. The second-order valence-corrected chi connectivity index (χ2v) is 10.1. The van der Waals surface area contributed by atoms with E-state index in [1.54, 1.807) is 0 Å². The molecule has 2 N–H and O–H groups in total. The lowest BCUT2D eigenvalue weighted by Crippen LogP contribution is -2.53. The molecule has 0 bridgehead atoms. The van der Waals surface area contributed by atoms with E-state index >= 15 is 0 Å². The number of aliphatic carboxylic acids is 1. The summed E-state index contributed by atoms with van der Waals surface area (Å²) >= 11 is 0. The Kier molecular flexibility index (Phi) is 7.51. The lowest BCUT2D eigenvalue weighted by atomic mass is 9.84. The molecule has 1 aromatic carbocycles. The number of carboxylic acids is 1. The summed E-state index contributed by atoms with van der Waals surface area (Å²) in [5, 5.41) is 11.8. The Labute approximate surface area is 206 Å². The number of nitrogens with one attached hydrogen (secondary N) is 1. The molecule has 4 atom stereocenters. The molecule has 1 aromatic rings. The first-order chi connectivity index (χ1) is 16.8. The van der Waals surface area contributed by atoms with Gasteiger partial charge in [0.15, 0.2) is 5.92 Å². The summed E-state index contributed by atoms with van der Waals surface area (Å²) in [6.45, 7) is 8.92. The summed E-state index contributed by atoms with van der Waals surface area (Å²) in [4.78, 5) is 18.2. The predicted molar refractivity (Wildman–Crippen MR) is 122 cm³/mol. The molecule has 0 saturated carbocycles. The van der Waals surface area contributed by atoms with Crippen molar-refractivity contribution in [1.82, 2.24) is 15.1 Å². The van der Waals surface area contributed by atoms with Gasteiger partial charge in [-0.1, -0.05) is 25.1 Å². The van der Waals surface area contributed by atoms with Crippen molar-refractivity contribution in [2.75, 3.05) is 50.7 Å². The van der Waals surface area contributed by atoms with Crippen LogP contribution in [-0.2, 0) is 11.3 Å². The second kappa shape index (κ2) is 10.0. The van der Waals surface area contributed by atoms with Crippen molar-refractivity contribution in [3.63, 3.8) is 0 Å². The fraction of sp³-hybridized carbons (Fsp3) is 0.708. The van der Waals surface area contributed by atoms with Crippen molar-refractivity contribution in [3.05, 3.63) is 29.3 Å². The summed E-state index contributed by atoms with van der Waals surface area (Å²) in [5.74, 6) is -6.98. The van der Waals surface area contributed by atoms with Gasteiger partial charge in [-0.3, -0.25) is 9.69 Å². The van der Waals surface area contributed by atoms with E-state index in [4.69, 9.17) is 0 Å². The Bertz CT molecular complexity index is 934. The lowest BCUT2D eigenvalue weighted by molar-refractivity contribution is -0.293. The molecule has 0 amide bonds. The Hall–Kier alpha value is -2.05. The number of aryl methyl sites for hydroxylation is 1. The molecule has 3 saturated heterocycles. The van der Waals surface area contributed by atoms with Crippen molar-refractivity contribution in [2.24, 2.45) is 17.8 Å². The van der Waals surface area contributed by atoms with E-state index in [-0.39, 0.29) is 13.1 Å². The number of halogens is 6. The highest BCUT2D eigenvalue weighted by molar-refractivity contribution is 5.74. The molecule has 3 fully saturated rings. The van der Waals surface area contributed by atoms with Crippen molar-refractivity contribution < 1.29 is 36.2 Å². The van der Waals surface area contributed by atoms with Crippen LogP contribution in [0.4, 0.5) is 32.0 Å². The number of carbonyl (C=O) groups is 1. The first-order valence-electron chi connectivity index (χ1n) is 12.2. The van der Waals surface area contributed by atoms with Crippen LogP contribution < -0.4 is 10.2 Å². The maximum atomic E-state index is 13.5. The Morgan fingerprint density at radius 3 is 2.19 bits per heavy atom. The van der Waals surface area contributed by atoms with Gasteiger partial charge in [-0.15, -0.1) is 0 Å². The number of likely N-dealkylation sites (tertiary alicyclic amines) is 1. The van der Waals surface area contributed by atoms with E-state index in [1.165, 1.54) is 0 Å². The minimum atomic E-state index is -5.54. The molecular weight excluding hydrogens is 490 g/mol. The van der Waals surface area contributed by atoms with Crippen molar-refractivity contribution in [1.29, 1.82) is 0 Å². The molecule has 3 heterocycles. The largest absolute Gasteiger partial charge is 0.480 e. The maximum Gasteiger partial charge on any atom is 0.402 e. The van der Waals surface area contributed by atoms with Gasteiger partial charge < -0.3 is 20.2 Å². The maximum absolute atomic E-state index is 13.5. The number of hydrogen-bond acceptors (Lipinski definition) is 5. The fourth-order valence-electron chi connectivity index (χ4n) is 6.28. The summed E-state index contributed by atoms with van der Waals surface area (Å²) in [7, 11) is 0. The van der Waals surface area contributed by atoms with Crippen molar-refractivity contribution in [3.8, 4) is 0 Å². The number of rotatable bonds is 6. The van der Waals surface area contributed by atoms with E-state index in [0.717, 1.165) is 49.5 Å². The number of anilines is 1. The quantitative estimate of drug-likeness (QED) is 0.559. The number of para-hydroxylation sites is 1. The first-order valence-corrected chi connectivity index (χ1v) is 12.2. The van der Waals surface area contributed by atoms with Gasteiger partial charge in [0.2, 0.25) is 0 Å². The second-order valence-electron chi connectivity index (χ2n) is 10.1. The number of piperazine rings is 1. The number of alkyl halides is 6. The van der Waals surface area contributed by atoms with E-state index < -0.39 is 48.2 Å². The van der Waals surface area contributed by atoms with Crippen LogP contribution in [0.3, 0.4) is 0 Å². The number of carboxylic acid groups (broad SMARTS) is 1. The molecule has 0 radical (unpaired) electrons. The van der Waals surface area contributed by atoms with E-state index in [2.05, 4.69) is 22.0 Å². The van der Waals surface area contributed by atoms with Crippen LogP contribution in [0.25, 0.3) is 0 Å². The summed E-state index contributed by atoms with van der Waals surface area (Å²) in [5.41, 5.74) is 3.03. The van der Waals surface area contributed by atoms with Crippen LogP contribution in [0.5, 0.6) is 0 Å². The molecule has 0 aliphatic carbocycles. The molecule has 0 spiro atoms. The molecule has 4 rings (SSSR count). The van der Waals surface area contributed by atoms with Gasteiger partial charge in [-0.25, -0.2) is 0 Å². The van der Waals surface area contributed by atoms with Crippen LogP contribution in [0.1, 0.15) is 18.1 Å². The minimum Gasteiger partial charge on any atom is -0.480 e. The average Bonchev–Trinajstić information content (AvgIpc) is 3.32. The smallest absolute Gasteiger partial charge is 0.402 e. The number of nitrogens with zero attached hydrogens (tertiary/aromatic N) is 3. The summed E-state index contributed by atoms with van der Waals surface area (Å²) < 4.78 is 81.1. The lowest BCUT2D eigenvalue weighted by Gasteiger charge is -2.38. The summed E-state index contributed by atoms with van der Waals surface area (Å²) in [6.07, 6.45) is -11.1. The summed E-state index contributed by atoms with van der Waals surface area (Å²) in [6, 6.07) is 2.31. The van der Waals surface area contributed by atoms with E-state index in [9.17, 15) is 36.2 Å². The third-order valence-electron chi connectivity index (χ3n) is 7.93. The number of hydrogen-bond donors (Lipinski definition) is 2. The van der Waals surface area contributed by atoms with Crippen LogP contribution in [0.2, 0.25) is 0 Å². The van der Waals surface area contributed by atoms with Crippen LogP contribution in [-0.4, -0.2) is 91.1 Å². The zero-order valence-electron chi connectivity index (χ0n) is 20.2. The molecule has 36 heavy (non-hydrogen) atoms. The fourth-order valence-corrected chi connectivity index (χ4v) is 6.28. The van der Waals surface area contributed by atoms with Gasteiger partial charge in [0, 0.05) is 63.5 Å². The predicted octanol–water partition coefficient (Wildman–Crippen LogP) is 3.35. The average molecular weight is 523 g/mol. The highest BCUT2D eigenvalue weighted by atomic mass is 19.4. The topological polar surface area (TPSA) is 59.0 Å². The number of likely N-dealkylation sites (N-methyl/N-ethyl adjacent to an activating group) is 1. The standard InChI is InChI=1S/C24H32F6N4O2/c1-3-32-7-9-34(10-8-32)20-14(2)5-4-6-15(20)11-33-12-16-17(13-33)19(22(35)36)31-18(16)21(23(25,26)27)24(28,29)30/h4-6,16-19,21,31H,3,7-13H2,1-2H3,(H,35,36). The van der Waals surface area contributed by atoms with Gasteiger partial charge in [0.1, 0.15) is 6.04 Å². The molecular formula is C24H32F6N4O2. The zero-order valence-corrected chi connectivity index (χ0v) is 20.2. The molecule has 3 aliphatic rings. The highest BCUT2D eigenvalue weighted by Gasteiger charge is 2.66. The van der Waals surface area contributed by atoms with E-state index in [1.807, 2.05) is 30.0 Å². The normalized spacial score (nSPS) is 28.2. The molecule has 4 unspecified atom stereocenters. The van der Waals surface area contributed by atoms with Crippen molar-refractivity contribution in [2.45, 2.75) is 44.8 Å². The van der Waals surface area contributed by atoms with Gasteiger partial charge >= 0.3 is 18.3 Å².